The van der Waals surface area contributed by atoms with E-state index >= 15 is 0 Å². The number of para-hydroxylation sites is 1. The van der Waals surface area contributed by atoms with Crippen LogP contribution in [0.5, 0.6) is 0 Å². The molecule has 0 amide bonds. The number of benzene rings is 6. The van der Waals surface area contributed by atoms with Gasteiger partial charge in [0, 0.05) is 30.9 Å². The molecule has 0 radical (unpaired) electrons. The number of furan rings is 1. The van der Waals surface area contributed by atoms with Crippen LogP contribution < -0.4 is 10.4 Å². The Morgan fingerprint density at radius 1 is 0.537 bits per heavy atom. The smallest absolute Gasteiger partial charge is 0.136 e. The summed E-state index contributed by atoms with van der Waals surface area (Å²) in [6.45, 7) is 12.5. The Morgan fingerprint density at radius 3 is 2.00 bits per heavy atom. The van der Waals surface area contributed by atoms with Gasteiger partial charge >= 0.3 is 0 Å². The van der Waals surface area contributed by atoms with E-state index in [1.165, 1.54) is 74.4 Å². The Hall–Kier alpha value is -6.48. The zero-order chi connectivity index (χ0) is 36.8. The summed E-state index contributed by atoms with van der Waals surface area (Å²) in [7, 11) is 0. The van der Waals surface area contributed by atoms with Gasteiger partial charge < -0.3 is 4.42 Å². The first-order chi connectivity index (χ1) is 26.6. The van der Waals surface area contributed by atoms with Crippen molar-refractivity contribution in [3.05, 3.63) is 187 Å². The average molecular weight is 711 g/mol. The second-order valence-corrected chi connectivity index (χ2v) is 14.7. The summed E-state index contributed by atoms with van der Waals surface area (Å²) in [6, 6.07) is 50.5. The predicted molar refractivity (Wildman–Crippen MR) is 238 cm³/mol. The fraction of sp³-hybridized carbons (Fsp3) is 0.0385. The van der Waals surface area contributed by atoms with Crippen molar-refractivity contribution >= 4 is 92.7 Å². The summed E-state index contributed by atoms with van der Waals surface area (Å²) in [6.07, 6.45) is 10.3. The zero-order valence-corrected chi connectivity index (χ0v) is 31.2. The molecule has 0 N–H and O–H groups in total. The molecule has 0 aliphatic heterocycles. The lowest BCUT2D eigenvalue weighted by atomic mass is 9.91. The van der Waals surface area contributed by atoms with Crippen LogP contribution in [0.15, 0.2) is 175 Å². The molecular formula is C52H38OS. The number of hydrogen-bond donors (Lipinski definition) is 0. The van der Waals surface area contributed by atoms with Gasteiger partial charge in [-0.15, -0.1) is 11.3 Å². The second-order valence-electron chi connectivity index (χ2n) is 13.6. The normalized spacial score (nSPS) is 12.6. The highest BCUT2D eigenvalue weighted by Gasteiger charge is 2.14. The van der Waals surface area contributed by atoms with Gasteiger partial charge in [-0.05, 0) is 122 Å². The Kier molecular flexibility index (Phi) is 8.54. The van der Waals surface area contributed by atoms with Crippen LogP contribution in [0.4, 0.5) is 0 Å². The summed E-state index contributed by atoms with van der Waals surface area (Å²) in [5, 5.41) is 12.0. The average Bonchev–Trinajstić information content (AvgIpc) is 3.75. The van der Waals surface area contributed by atoms with Crippen LogP contribution in [-0.4, -0.2) is 0 Å². The van der Waals surface area contributed by atoms with Crippen molar-refractivity contribution in [2.45, 2.75) is 13.8 Å². The molecule has 54 heavy (non-hydrogen) atoms. The zero-order valence-electron chi connectivity index (χ0n) is 30.4. The minimum absolute atomic E-state index is 0.924. The maximum absolute atomic E-state index is 6.28. The van der Waals surface area contributed by atoms with Crippen molar-refractivity contribution in [1.29, 1.82) is 0 Å². The molecular weight excluding hydrogens is 673 g/mol. The number of thiophene rings is 1. The molecule has 9 aromatic rings. The quantitative estimate of drug-likeness (QED) is 0.162. The van der Waals surface area contributed by atoms with E-state index in [9.17, 15) is 0 Å². The van der Waals surface area contributed by atoms with Crippen LogP contribution in [0.3, 0.4) is 0 Å². The van der Waals surface area contributed by atoms with E-state index in [4.69, 9.17) is 4.42 Å². The van der Waals surface area contributed by atoms with Crippen LogP contribution in [0.25, 0.3) is 104 Å². The molecule has 0 unspecified atom stereocenters. The monoisotopic (exact) mass is 710 g/mol. The van der Waals surface area contributed by atoms with Crippen LogP contribution in [-0.2, 0) is 0 Å². The fourth-order valence-electron chi connectivity index (χ4n) is 8.01. The molecule has 2 heteroatoms. The Balaban J connectivity index is 1.26. The number of rotatable bonds is 5. The third kappa shape index (κ3) is 5.64. The van der Waals surface area contributed by atoms with Gasteiger partial charge in [0.05, 0.1) is 0 Å². The molecule has 1 nitrogen and oxygen atoms in total. The van der Waals surface area contributed by atoms with Crippen LogP contribution >= 0.6 is 11.3 Å². The van der Waals surface area contributed by atoms with Gasteiger partial charge in [0.1, 0.15) is 11.2 Å². The van der Waals surface area contributed by atoms with Crippen molar-refractivity contribution in [3.8, 4) is 22.3 Å². The largest absolute Gasteiger partial charge is 0.456 e. The third-order valence-electron chi connectivity index (χ3n) is 10.5. The van der Waals surface area contributed by atoms with E-state index in [1.54, 1.807) is 6.08 Å². The first-order valence-electron chi connectivity index (χ1n) is 18.4. The Labute approximate surface area is 318 Å². The fourth-order valence-corrected chi connectivity index (χ4v) is 9.12. The van der Waals surface area contributed by atoms with Crippen LogP contribution in [0.2, 0.25) is 0 Å². The van der Waals surface area contributed by atoms with Crippen molar-refractivity contribution in [3.63, 3.8) is 0 Å². The highest BCUT2D eigenvalue weighted by Crippen LogP contribution is 2.40. The summed E-state index contributed by atoms with van der Waals surface area (Å²) in [5.41, 5.74) is 8.64. The van der Waals surface area contributed by atoms with E-state index in [0.29, 0.717) is 0 Å². The summed E-state index contributed by atoms with van der Waals surface area (Å²) >= 11 is 1.86. The van der Waals surface area contributed by atoms with Crippen LogP contribution in [0, 0.1) is 0 Å². The van der Waals surface area contributed by atoms with E-state index in [0.717, 1.165) is 33.1 Å². The van der Waals surface area contributed by atoms with Gasteiger partial charge in [-0.25, -0.2) is 0 Å². The first-order valence-corrected chi connectivity index (χ1v) is 19.2. The Morgan fingerprint density at radius 2 is 1.20 bits per heavy atom. The van der Waals surface area contributed by atoms with Gasteiger partial charge in [-0.3, -0.25) is 0 Å². The molecule has 0 saturated carbocycles. The summed E-state index contributed by atoms with van der Waals surface area (Å²) in [4.78, 5) is 0. The maximum Gasteiger partial charge on any atom is 0.136 e. The maximum atomic E-state index is 6.28. The number of hydrogen-bond acceptors (Lipinski definition) is 2. The van der Waals surface area contributed by atoms with Gasteiger partial charge in [0.2, 0.25) is 0 Å². The van der Waals surface area contributed by atoms with Gasteiger partial charge in [0.15, 0.2) is 0 Å². The molecule has 0 fully saturated rings. The van der Waals surface area contributed by atoms with E-state index in [2.05, 4.69) is 167 Å². The van der Waals surface area contributed by atoms with Gasteiger partial charge in [-0.1, -0.05) is 141 Å². The number of fused-ring (bicyclic) bond motifs is 8. The third-order valence-corrected chi connectivity index (χ3v) is 11.7. The summed E-state index contributed by atoms with van der Waals surface area (Å²) < 4.78 is 8.85. The van der Waals surface area contributed by atoms with Crippen molar-refractivity contribution in [2.75, 3.05) is 0 Å². The minimum atomic E-state index is 0.924. The molecule has 0 aliphatic rings. The Bertz CT molecular complexity index is 3220. The predicted octanol–water partition coefficient (Wildman–Crippen LogP) is 14.1. The lowest BCUT2D eigenvalue weighted by molar-refractivity contribution is 0.669. The van der Waals surface area contributed by atoms with E-state index < -0.39 is 0 Å². The van der Waals surface area contributed by atoms with Crippen LogP contribution in [0.1, 0.15) is 19.4 Å². The number of allylic oxidation sites excluding steroid dienone is 4. The van der Waals surface area contributed by atoms with Gasteiger partial charge in [0.25, 0.3) is 0 Å². The van der Waals surface area contributed by atoms with Crippen molar-refractivity contribution < 1.29 is 4.42 Å². The molecule has 2 aromatic heterocycles. The molecule has 258 valence electrons. The minimum Gasteiger partial charge on any atom is -0.456 e. The second kappa shape index (κ2) is 13.8. The molecule has 9 rings (SSSR count). The molecule has 0 saturated heterocycles. The first kappa shape index (κ1) is 33.4. The van der Waals surface area contributed by atoms with Crippen molar-refractivity contribution in [2.24, 2.45) is 0 Å². The highest BCUT2D eigenvalue weighted by atomic mass is 32.1. The lowest BCUT2D eigenvalue weighted by Gasteiger charge is -2.13. The molecule has 2 heterocycles. The molecule has 7 aromatic carbocycles. The van der Waals surface area contributed by atoms with E-state index in [-0.39, 0.29) is 0 Å². The molecule has 0 spiro atoms. The molecule has 0 aliphatic carbocycles. The molecule has 0 bridgehead atoms. The molecule has 0 atom stereocenters. The van der Waals surface area contributed by atoms with Crippen molar-refractivity contribution in [1.82, 2.24) is 0 Å². The standard InChI is InChI=1S/C52H38OS/c1-5-8-17-33(4)39-25-26-44(43-21-14-13-20-42(39)43)41-19-12-10-9-11-18-40(37(6-2)38(41)7-3)34-24-27-51-47(28-34)48-30-35-31-50-46(29-36(35)32-52(48)54-51)45-22-15-16-23-49(45)53-50/h5-32H,1,4H2,2-3H3/b11-9?,12-10?,17-8-,37-6+,38-7+,40-18?,41-19?. The van der Waals surface area contributed by atoms with Gasteiger partial charge in [-0.2, -0.15) is 0 Å². The summed E-state index contributed by atoms with van der Waals surface area (Å²) in [5.74, 6) is 0. The highest BCUT2D eigenvalue weighted by molar-refractivity contribution is 7.25. The topological polar surface area (TPSA) is 13.1 Å². The lowest BCUT2D eigenvalue weighted by Crippen LogP contribution is -2.27. The SMILES string of the molecule is C=C/C=C\C(=C)c1ccc(-c2ccccccc(-c3ccc4sc5cc6cc7c(cc6cc5c4c3)oc3ccccc37)c(=C/C)/c2=C\C)c2ccccc12. The van der Waals surface area contributed by atoms with E-state index in [1.807, 2.05) is 35.6 Å².